The first-order valence-electron chi connectivity index (χ1n) is 7.07. The van der Waals surface area contributed by atoms with Gasteiger partial charge >= 0.3 is 0 Å². The Morgan fingerprint density at radius 3 is 2.11 bits per heavy atom. The zero-order valence-corrected chi connectivity index (χ0v) is 13.2. The number of nitrogens with zero attached hydrogens (tertiary/aromatic N) is 2. The summed E-state index contributed by atoms with van der Waals surface area (Å²) >= 11 is 5.99. The van der Waals surface area contributed by atoms with Crippen molar-refractivity contribution in [3.63, 3.8) is 0 Å². The van der Waals surface area contributed by atoms with Gasteiger partial charge in [-0.3, -0.25) is 0 Å². The highest BCUT2D eigenvalue weighted by atomic mass is 35.5. The molecule has 0 saturated carbocycles. The van der Waals surface area contributed by atoms with Crippen LogP contribution < -0.4 is 10.6 Å². The predicted molar refractivity (Wildman–Crippen MR) is 84.8 cm³/mol. The molecule has 1 heterocycles. The third kappa shape index (κ3) is 5.68. The van der Waals surface area contributed by atoms with Crippen LogP contribution in [0.25, 0.3) is 0 Å². The van der Waals surface area contributed by atoms with Crippen LogP contribution in [0.1, 0.15) is 40.5 Å². The SMILES string of the molecule is CC(C)CCN(CCC(C)C)c1nc(Cl)ccc1N. The van der Waals surface area contributed by atoms with Crippen LogP contribution in [0.5, 0.6) is 0 Å². The van der Waals surface area contributed by atoms with Crippen molar-refractivity contribution in [2.24, 2.45) is 11.8 Å². The molecule has 2 N–H and O–H groups in total. The molecule has 0 aromatic carbocycles. The minimum Gasteiger partial charge on any atom is -0.396 e. The third-order valence-corrected chi connectivity index (χ3v) is 3.33. The van der Waals surface area contributed by atoms with Crippen molar-refractivity contribution >= 4 is 23.1 Å². The topological polar surface area (TPSA) is 42.2 Å². The van der Waals surface area contributed by atoms with Crippen molar-refractivity contribution in [3.8, 4) is 0 Å². The molecule has 108 valence electrons. The van der Waals surface area contributed by atoms with Crippen LogP contribution in [0, 0.1) is 11.8 Å². The van der Waals surface area contributed by atoms with E-state index in [4.69, 9.17) is 17.3 Å². The molecule has 0 spiro atoms. The van der Waals surface area contributed by atoms with Crippen LogP contribution in [0.15, 0.2) is 12.1 Å². The zero-order chi connectivity index (χ0) is 14.4. The molecule has 0 bridgehead atoms. The molecule has 1 aromatic rings. The normalized spacial score (nSPS) is 11.3. The van der Waals surface area contributed by atoms with E-state index in [1.54, 1.807) is 6.07 Å². The summed E-state index contributed by atoms with van der Waals surface area (Å²) in [6.07, 6.45) is 2.26. The Bertz CT molecular complexity index is 379. The third-order valence-electron chi connectivity index (χ3n) is 3.12. The quantitative estimate of drug-likeness (QED) is 0.762. The Balaban J connectivity index is 2.83. The molecule has 19 heavy (non-hydrogen) atoms. The number of pyridine rings is 1. The molecular weight excluding hydrogens is 258 g/mol. The molecule has 1 aromatic heterocycles. The lowest BCUT2D eigenvalue weighted by molar-refractivity contribution is 0.533. The Labute approximate surface area is 122 Å². The fraction of sp³-hybridized carbons (Fsp3) is 0.667. The Morgan fingerprint density at radius 2 is 1.63 bits per heavy atom. The molecule has 0 atom stereocenters. The highest BCUT2D eigenvalue weighted by Gasteiger charge is 2.13. The molecule has 0 aliphatic heterocycles. The predicted octanol–water partition coefficient (Wildman–Crippen LogP) is 4.22. The lowest BCUT2D eigenvalue weighted by atomic mass is 10.1. The highest BCUT2D eigenvalue weighted by Crippen LogP contribution is 2.24. The Morgan fingerprint density at radius 1 is 1.11 bits per heavy atom. The summed E-state index contributed by atoms with van der Waals surface area (Å²) < 4.78 is 0. The van der Waals surface area contributed by atoms with Gasteiger partial charge in [0.05, 0.1) is 5.69 Å². The lowest BCUT2D eigenvalue weighted by Crippen LogP contribution is -2.29. The summed E-state index contributed by atoms with van der Waals surface area (Å²) in [5.74, 6) is 2.16. The molecule has 0 aliphatic rings. The van der Waals surface area contributed by atoms with Gasteiger partial charge in [-0.15, -0.1) is 0 Å². The number of hydrogen-bond acceptors (Lipinski definition) is 3. The van der Waals surface area contributed by atoms with Crippen LogP contribution in [0.3, 0.4) is 0 Å². The maximum atomic E-state index is 6.04. The van der Waals surface area contributed by atoms with Crippen LogP contribution >= 0.6 is 11.6 Å². The van der Waals surface area contributed by atoms with Crippen molar-refractivity contribution in [2.75, 3.05) is 23.7 Å². The summed E-state index contributed by atoms with van der Waals surface area (Å²) in [4.78, 5) is 6.66. The van der Waals surface area contributed by atoms with Gasteiger partial charge in [-0.05, 0) is 36.8 Å². The smallest absolute Gasteiger partial charge is 0.153 e. The summed E-state index contributed by atoms with van der Waals surface area (Å²) in [5.41, 5.74) is 6.75. The first-order valence-corrected chi connectivity index (χ1v) is 7.45. The number of nitrogens with two attached hydrogens (primary N) is 1. The molecule has 0 fully saturated rings. The van der Waals surface area contributed by atoms with E-state index in [9.17, 15) is 0 Å². The van der Waals surface area contributed by atoms with Gasteiger partial charge in [0.25, 0.3) is 0 Å². The number of nitrogen functional groups attached to an aromatic ring is 1. The Hall–Kier alpha value is -0.960. The number of halogens is 1. The van der Waals surface area contributed by atoms with E-state index < -0.39 is 0 Å². The minimum atomic E-state index is 0.503. The van der Waals surface area contributed by atoms with Crippen molar-refractivity contribution in [1.82, 2.24) is 4.98 Å². The lowest BCUT2D eigenvalue weighted by Gasteiger charge is -2.26. The molecule has 0 saturated heterocycles. The van der Waals surface area contributed by atoms with Gasteiger partial charge in [0.2, 0.25) is 0 Å². The van der Waals surface area contributed by atoms with Crippen LogP contribution in [-0.2, 0) is 0 Å². The van der Waals surface area contributed by atoms with Crippen molar-refractivity contribution in [2.45, 2.75) is 40.5 Å². The average Bonchev–Trinajstić information content (AvgIpc) is 2.32. The van der Waals surface area contributed by atoms with Gasteiger partial charge < -0.3 is 10.6 Å². The van der Waals surface area contributed by atoms with Gasteiger partial charge in [-0.2, -0.15) is 0 Å². The van der Waals surface area contributed by atoms with E-state index in [0.29, 0.717) is 22.7 Å². The summed E-state index contributed by atoms with van der Waals surface area (Å²) in [7, 11) is 0. The summed E-state index contributed by atoms with van der Waals surface area (Å²) in [6, 6.07) is 3.58. The average molecular weight is 284 g/mol. The highest BCUT2D eigenvalue weighted by molar-refractivity contribution is 6.29. The zero-order valence-electron chi connectivity index (χ0n) is 12.5. The molecule has 0 aliphatic carbocycles. The monoisotopic (exact) mass is 283 g/mol. The number of aromatic nitrogens is 1. The second kappa shape index (κ2) is 7.59. The largest absolute Gasteiger partial charge is 0.396 e. The van der Waals surface area contributed by atoms with E-state index >= 15 is 0 Å². The maximum Gasteiger partial charge on any atom is 0.153 e. The van der Waals surface area contributed by atoms with Gasteiger partial charge in [-0.1, -0.05) is 39.3 Å². The van der Waals surface area contributed by atoms with Crippen LogP contribution in [0.2, 0.25) is 5.15 Å². The first kappa shape index (κ1) is 16.1. The fourth-order valence-corrected chi connectivity index (χ4v) is 1.98. The van der Waals surface area contributed by atoms with E-state index in [0.717, 1.165) is 31.7 Å². The second-order valence-electron chi connectivity index (χ2n) is 5.90. The standard InChI is InChI=1S/C15H26ClN3/c1-11(2)7-9-19(10-8-12(3)4)15-13(17)5-6-14(16)18-15/h5-6,11-12H,7-10,17H2,1-4H3. The minimum absolute atomic E-state index is 0.503. The van der Waals surface area contributed by atoms with Crippen LogP contribution in [-0.4, -0.2) is 18.1 Å². The number of hydrogen-bond donors (Lipinski definition) is 1. The van der Waals surface area contributed by atoms with Gasteiger partial charge in [0.1, 0.15) is 5.15 Å². The van der Waals surface area contributed by atoms with Crippen molar-refractivity contribution < 1.29 is 0 Å². The number of anilines is 2. The van der Waals surface area contributed by atoms with Crippen molar-refractivity contribution in [3.05, 3.63) is 17.3 Å². The second-order valence-corrected chi connectivity index (χ2v) is 6.29. The summed E-state index contributed by atoms with van der Waals surface area (Å²) in [5, 5.41) is 0.503. The maximum absolute atomic E-state index is 6.04. The van der Waals surface area contributed by atoms with Crippen molar-refractivity contribution in [1.29, 1.82) is 0 Å². The van der Waals surface area contributed by atoms with E-state index in [-0.39, 0.29) is 0 Å². The molecular formula is C15H26ClN3. The first-order chi connectivity index (χ1) is 8.90. The molecule has 4 heteroatoms. The van der Waals surface area contributed by atoms with Gasteiger partial charge in [0.15, 0.2) is 5.82 Å². The van der Waals surface area contributed by atoms with E-state index in [1.807, 2.05) is 6.07 Å². The summed E-state index contributed by atoms with van der Waals surface area (Å²) in [6.45, 7) is 10.9. The van der Waals surface area contributed by atoms with E-state index in [2.05, 4.69) is 37.6 Å². The molecule has 3 nitrogen and oxygen atoms in total. The van der Waals surface area contributed by atoms with Crippen LogP contribution in [0.4, 0.5) is 11.5 Å². The molecule has 0 unspecified atom stereocenters. The molecule has 1 rings (SSSR count). The number of rotatable bonds is 7. The molecule has 0 radical (unpaired) electrons. The van der Waals surface area contributed by atoms with Gasteiger partial charge in [-0.25, -0.2) is 4.98 Å². The van der Waals surface area contributed by atoms with E-state index in [1.165, 1.54) is 0 Å². The van der Waals surface area contributed by atoms with Gasteiger partial charge in [0, 0.05) is 13.1 Å². The fourth-order valence-electron chi connectivity index (χ4n) is 1.84. The molecule has 0 amide bonds. The Kier molecular flexibility index (Phi) is 6.43.